The van der Waals surface area contributed by atoms with Crippen LogP contribution in [-0.4, -0.2) is 53.3 Å². The summed E-state index contributed by atoms with van der Waals surface area (Å²) >= 11 is 6.66. The molecule has 0 saturated carbocycles. The first-order valence-electron chi connectivity index (χ1n) is 11.5. The van der Waals surface area contributed by atoms with Crippen molar-refractivity contribution >= 4 is 41.3 Å². The van der Waals surface area contributed by atoms with Crippen molar-refractivity contribution in [3.05, 3.63) is 64.7 Å². The van der Waals surface area contributed by atoms with E-state index in [1.54, 1.807) is 25.1 Å². The largest absolute Gasteiger partial charge is 0.465 e. The molecular formula is C25H27ClN4O6. The Hall–Kier alpha value is -3.63. The van der Waals surface area contributed by atoms with Crippen LogP contribution in [0.1, 0.15) is 37.3 Å². The summed E-state index contributed by atoms with van der Waals surface area (Å²) in [5, 5.41) is 14.5. The second kappa shape index (κ2) is 11.0. The van der Waals surface area contributed by atoms with E-state index < -0.39 is 17.7 Å². The number of anilines is 1. The van der Waals surface area contributed by atoms with E-state index in [1.807, 2.05) is 30.3 Å². The third kappa shape index (κ3) is 5.77. The van der Waals surface area contributed by atoms with Gasteiger partial charge in [0.05, 0.1) is 35.3 Å². The zero-order valence-electron chi connectivity index (χ0n) is 19.7. The number of nitrogens with one attached hydrogen (secondary N) is 2. The molecule has 4 rings (SSSR count). The predicted molar refractivity (Wildman–Crippen MR) is 133 cm³/mol. The van der Waals surface area contributed by atoms with Gasteiger partial charge < -0.3 is 14.6 Å². The molecule has 2 aliphatic heterocycles. The number of hydrogen-bond acceptors (Lipinski definition) is 6. The Kier molecular flexibility index (Phi) is 7.76. The number of ether oxygens (including phenoxy) is 2. The normalized spacial score (nSPS) is 21.9. The second-order valence-electron chi connectivity index (χ2n) is 8.80. The maximum absolute atomic E-state index is 13.3. The fraction of sp³-hybridized carbons (Fsp3) is 0.360. The standard InChI is InChI=1S/C25H27ClN4O6/c1-25(13-20(31)30(17-9-6-12-35-15-17)22(29-25)28-23(32)33)18-10-5-11-19(21(18)26)27-24(34)36-14-16-7-3-2-4-8-16/h2-5,7-8,10-11,17H,6,9,12-15H2,1H3,(H,27,34)(H,28,29)(H,32,33)/t17?,25-/m0/s1. The summed E-state index contributed by atoms with van der Waals surface area (Å²) in [6.07, 6.45) is -0.645. The Morgan fingerprint density at radius 3 is 2.69 bits per heavy atom. The van der Waals surface area contributed by atoms with Gasteiger partial charge in [-0.2, -0.15) is 0 Å². The molecule has 0 aliphatic carbocycles. The molecule has 10 nitrogen and oxygen atoms in total. The van der Waals surface area contributed by atoms with Crippen LogP contribution in [0.3, 0.4) is 0 Å². The molecular weight excluding hydrogens is 488 g/mol. The molecule has 0 aromatic heterocycles. The molecule has 2 heterocycles. The fourth-order valence-electron chi connectivity index (χ4n) is 4.38. The summed E-state index contributed by atoms with van der Waals surface area (Å²) in [6.45, 7) is 2.68. The Morgan fingerprint density at radius 1 is 1.22 bits per heavy atom. The third-order valence-electron chi connectivity index (χ3n) is 6.09. The van der Waals surface area contributed by atoms with E-state index in [0.29, 0.717) is 25.2 Å². The van der Waals surface area contributed by atoms with Crippen molar-refractivity contribution in [2.45, 2.75) is 44.4 Å². The van der Waals surface area contributed by atoms with Crippen LogP contribution in [0.2, 0.25) is 5.02 Å². The van der Waals surface area contributed by atoms with Gasteiger partial charge in [0.15, 0.2) is 0 Å². The van der Waals surface area contributed by atoms with E-state index in [4.69, 9.17) is 21.1 Å². The minimum atomic E-state index is -1.34. The summed E-state index contributed by atoms with van der Waals surface area (Å²) in [4.78, 5) is 43.2. The zero-order chi connectivity index (χ0) is 25.7. The summed E-state index contributed by atoms with van der Waals surface area (Å²) in [5.41, 5.74) is 0.403. The number of amides is 3. The first kappa shape index (κ1) is 25.5. The topological polar surface area (TPSA) is 130 Å². The monoisotopic (exact) mass is 514 g/mol. The van der Waals surface area contributed by atoms with Gasteiger partial charge in [0.2, 0.25) is 11.9 Å². The van der Waals surface area contributed by atoms with E-state index in [-0.39, 0.29) is 41.6 Å². The number of carboxylic acid groups (broad SMARTS) is 1. The highest BCUT2D eigenvalue weighted by atomic mass is 35.5. The summed E-state index contributed by atoms with van der Waals surface area (Å²) in [7, 11) is 0. The molecule has 3 amide bonds. The lowest BCUT2D eigenvalue weighted by molar-refractivity contribution is -0.133. The molecule has 1 fully saturated rings. The fourth-order valence-corrected chi connectivity index (χ4v) is 4.76. The van der Waals surface area contributed by atoms with Crippen molar-refractivity contribution in [1.82, 2.24) is 10.2 Å². The third-order valence-corrected chi connectivity index (χ3v) is 6.50. The zero-order valence-corrected chi connectivity index (χ0v) is 20.5. The van der Waals surface area contributed by atoms with Gasteiger partial charge in [-0.15, -0.1) is 0 Å². The molecule has 36 heavy (non-hydrogen) atoms. The summed E-state index contributed by atoms with van der Waals surface area (Å²) < 4.78 is 10.8. The molecule has 2 aromatic carbocycles. The molecule has 1 unspecified atom stereocenters. The molecule has 2 aliphatic rings. The van der Waals surface area contributed by atoms with Crippen molar-refractivity contribution in [2.75, 3.05) is 18.5 Å². The Bertz CT molecular complexity index is 1170. The Labute approximate surface area is 213 Å². The van der Waals surface area contributed by atoms with Crippen molar-refractivity contribution < 1.29 is 29.0 Å². The lowest BCUT2D eigenvalue weighted by Gasteiger charge is -2.41. The van der Waals surface area contributed by atoms with Crippen LogP contribution in [0.4, 0.5) is 15.3 Å². The van der Waals surface area contributed by atoms with Crippen molar-refractivity contribution in [1.29, 1.82) is 0 Å². The quantitative estimate of drug-likeness (QED) is 0.544. The number of rotatable bonds is 5. The van der Waals surface area contributed by atoms with Gasteiger partial charge in [-0.25, -0.2) is 14.6 Å². The van der Waals surface area contributed by atoms with Gasteiger partial charge in [-0.05, 0) is 31.4 Å². The highest BCUT2D eigenvalue weighted by molar-refractivity contribution is 6.34. The summed E-state index contributed by atoms with van der Waals surface area (Å²) in [5.74, 6) is -0.378. The SMILES string of the molecule is C[C@@]1(c2cccc(NC(=O)OCc3ccccc3)c2Cl)CC(=O)N(C2CCCOC2)C(NC(=O)O)=N1. The Balaban J connectivity index is 1.58. The van der Waals surface area contributed by atoms with Gasteiger partial charge in [-0.3, -0.25) is 20.3 Å². The maximum atomic E-state index is 13.3. The second-order valence-corrected chi connectivity index (χ2v) is 9.18. The number of nitrogens with zero attached hydrogens (tertiary/aromatic N) is 2. The number of benzene rings is 2. The van der Waals surface area contributed by atoms with Crippen LogP contribution < -0.4 is 10.6 Å². The van der Waals surface area contributed by atoms with Gasteiger partial charge in [0, 0.05) is 12.2 Å². The molecule has 11 heteroatoms. The van der Waals surface area contributed by atoms with E-state index in [9.17, 15) is 19.5 Å². The van der Waals surface area contributed by atoms with Crippen molar-refractivity contribution in [3.8, 4) is 0 Å². The van der Waals surface area contributed by atoms with Gasteiger partial charge in [0.25, 0.3) is 0 Å². The van der Waals surface area contributed by atoms with Gasteiger partial charge >= 0.3 is 12.2 Å². The molecule has 0 bridgehead atoms. The van der Waals surface area contributed by atoms with Crippen LogP contribution in [0, 0.1) is 0 Å². The average Bonchev–Trinajstić information content (AvgIpc) is 2.84. The summed E-state index contributed by atoms with van der Waals surface area (Å²) in [6, 6.07) is 13.9. The van der Waals surface area contributed by atoms with E-state index in [0.717, 1.165) is 12.0 Å². The number of hydrogen-bond donors (Lipinski definition) is 3. The number of aliphatic imine (C=N–C) groups is 1. The lowest BCUT2D eigenvalue weighted by atomic mass is 9.86. The number of halogens is 1. The van der Waals surface area contributed by atoms with Crippen molar-refractivity contribution in [3.63, 3.8) is 0 Å². The maximum Gasteiger partial charge on any atom is 0.412 e. The first-order valence-corrected chi connectivity index (χ1v) is 11.9. The van der Waals surface area contributed by atoms with E-state index in [2.05, 4.69) is 15.6 Å². The van der Waals surface area contributed by atoms with Crippen LogP contribution in [0.15, 0.2) is 53.5 Å². The number of guanidine groups is 1. The van der Waals surface area contributed by atoms with Crippen LogP contribution in [-0.2, 0) is 26.4 Å². The van der Waals surface area contributed by atoms with Crippen LogP contribution >= 0.6 is 11.6 Å². The highest BCUT2D eigenvalue weighted by Gasteiger charge is 2.43. The van der Waals surface area contributed by atoms with Crippen molar-refractivity contribution in [2.24, 2.45) is 4.99 Å². The lowest BCUT2D eigenvalue weighted by Crippen LogP contribution is -2.58. The van der Waals surface area contributed by atoms with Crippen LogP contribution in [0.5, 0.6) is 0 Å². The van der Waals surface area contributed by atoms with Gasteiger partial charge in [-0.1, -0.05) is 54.1 Å². The smallest absolute Gasteiger partial charge is 0.412 e. The molecule has 1 saturated heterocycles. The number of carbonyl (C=O) groups excluding carboxylic acids is 2. The highest BCUT2D eigenvalue weighted by Crippen LogP contribution is 2.41. The molecule has 0 spiro atoms. The molecule has 2 aromatic rings. The average molecular weight is 515 g/mol. The van der Waals surface area contributed by atoms with E-state index >= 15 is 0 Å². The minimum Gasteiger partial charge on any atom is -0.465 e. The van der Waals surface area contributed by atoms with Gasteiger partial charge in [0.1, 0.15) is 6.61 Å². The molecule has 190 valence electrons. The van der Waals surface area contributed by atoms with E-state index in [1.165, 1.54) is 4.90 Å². The number of carbonyl (C=O) groups is 3. The Morgan fingerprint density at radius 2 is 2.00 bits per heavy atom. The first-order chi connectivity index (χ1) is 17.3. The molecule has 3 N–H and O–H groups in total. The predicted octanol–water partition coefficient (Wildman–Crippen LogP) is 4.34. The molecule has 0 radical (unpaired) electrons. The van der Waals surface area contributed by atoms with Crippen LogP contribution in [0.25, 0.3) is 0 Å². The minimum absolute atomic E-state index is 0.0457. The molecule has 2 atom stereocenters.